The molecule has 0 aromatic carbocycles. The molecule has 0 spiro atoms. The number of ether oxygens (including phenoxy) is 1. The second-order valence-corrected chi connectivity index (χ2v) is 6.02. The van der Waals surface area contributed by atoms with Crippen LogP contribution in [-0.4, -0.2) is 73.7 Å². The smallest absolute Gasteiger partial charge is 0.242 e. The van der Waals surface area contributed by atoms with Gasteiger partial charge in [0.25, 0.3) is 0 Å². The van der Waals surface area contributed by atoms with E-state index in [0.29, 0.717) is 12.6 Å². The van der Waals surface area contributed by atoms with Crippen LogP contribution in [0.25, 0.3) is 0 Å². The van der Waals surface area contributed by atoms with Crippen LogP contribution < -0.4 is 5.32 Å². The number of carbonyl (C=O) groups is 1. The van der Waals surface area contributed by atoms with Crippen LogP contribution in [0.1, 0.15) is 26.7 Å². The minimum absolute atomic E-state index is 0.258. The van der Waals surface area contributed by atoms with Crippen molar-refractivity contribution >= 4 is 5.91 Å². The van der Waals surface area contributed by atoms with Crippen LogP contribution >= 0.6 is 0 Å². The molecule has 1 N–H and O–H groups in total. The van der Waals surface area contributed by atoms with Crippen molar-refractivity contribution in [2.24, 2.45) is 0 Å². The average molecular weight is 269 g/mol. The van der Waals surface area contributed by atoms with Gasteiger partial charge in [-0.05, 0) is 26.7 Å². The summed E-state index contributed by atoms with van der Waals surface area (Å²) in [6.07, 6.45) is 2.29. The first-order valence-corrected chi connectivity index (χ1v) is 7.33. The van der Waals surface area contributed by atoms with Crippen molar-refractivity contribution in [2.75, 3.05) is 46.4 Å². The molecule has 5 heteroatoms. The second-order valence-electron chi connectivity index (χ2n) is 6.02. The number of amides is 1. The molecular weight excluding hydrogens is 242 g/mol. The molecule has 0 aromatic rings. The number of carbonyl (C=O) groups excluding carboxylic acids is 1. The van der Waals surface area contributed by atoms with Crippen LogP contribution in [0, 0.1) is 0 Å². The van der Waals surface area contributed by atoms with E-state index in [1.165, 1.54) is 0 Å². The minimum atomic E-state index is -0.404. The highest BCUT2D eigenvalue weighted by Crippen LogP contribution is 2.30. The zero-order valence-electron chi connectivity index (χ0n) is 12.4. The van der Waals surface area contributed by atoms with Gasteiger partial charge >= 0.3 is 0 Å². The predicted octanol–water partition coefficient (Wildman–Crippen LogP) is 0.308. The molecule has 1 aliphatic heterocycles. The SMILES string of the molecule is COCCN(C(=O)C(C)(C)N1CCNCC1)C1CC1. The van der Waals surface area contributed by atoms with Gasteiger partial charge in [0, 0.05) is 45.9 Å². The third-order valence-corrected chi connectivity index (χ3v) is 4.22. The number of nitrogens with one attached hydrogen (secondary N) is 1. The Morgan fingerprint density at radius 1 is 1.37 bits per heavy atom. The normalized spacial score (nSPS) is 21.4. The summed E-state index contributed by atoms with van der Waals surface area (Å²) in [5.74, 6) is 0.258. The molecule has 5 nitrogen and oxygen atoms in total. The summed E-state index contributed by atoms with van der Waals surface area (Å²) in [4.78, 5) is 17.2. The molecule has 1 amide bonds. The van der Waals surface area contributed by atoms with Gasteiger partial charge in [0.15, 0.2) is 0 Å². The molecule has 1 saturated heterocycles. The first-order chi connectivity index (χ1) is 9.07. The van der Waals surface area contributed by atoms with Crippen molar-refractivity contribution in [1.82, 2.24) is 15.1 Å². The zero-order valence-corrected chi connectivity index (χ0v) is 12.4. The summed E-state index contributed by atoms with van der Waals surface area (Å²) in [5.41, 5.74) is -0.404. The van der Waals surface area contributed by atoms with Crippen LogP contribution in [0.15, 0.2) is 0 Å². The lowest BCUT2D eigenvalue weighted by molar-refractivity contribution is -0.144. The molecule has 0 bridgehead atoms. The van der Waals surface area contributed by atoms with Gasteiger partial charge in [0.05, 0.1) is 12.1 Å². The van der Waals surface area contributed by atoms with Gasteiger partial charge in [-0.25, -0.2) is 0 Å². The highest BCUT2D eigenvalue weighted by atomic mass is 16.5. The Hall–Kier alpha value is -0.650. The first-order valence-electron chi connectivity index (χ1n) is 7.33. The number of piperazine rings is 1. The van der Waals surface area contributed by atoms with Crippen LogP contribution in [-0.2, 0) is 9.53 Å². The Morgan fingerprint density at radius 3 is 2.53 bits per heavy atom. The molecule has 19 heavy (non-hydrogen) atoms. The van der Waals surface area contributed by atoms with Crippen molar-refractivity contribution in [3.05, 3.63) is 0 Å². The van der Waals surface area contributed by atoms with Gasteiger partial charge in [-0.2, -0.15) is 0 Å². The lowest BCUT2D eigenvalue weighted by atomic mass is 9.99. The highest BCUT2D eigenvalue weighted by molar-refractivity contribution is 5.86. The van der Waals surface area contributed by atoms with Gasteiger partial charge in [-0.3, -0.25) is 9.69 Å². The van der Waals surface area contributed by atoms with E-state index in [-0.39, 0.29) is 5.91 Å². The number of rotatable bonds is 6. The lowest BCUT2D eigenvalue weighted by Crippen LogP contribution is -2.61. The summed E-state index contributed by atoms with van der Waals surface area (Å²) in [6.45, 7) is 9.29. The Kier molecular flexibility index (Phi) is 4.81. The molecule has 110 valence electrons. The molecule has 0 atom stereocenters. The van der Waals surface area contributed by atoms with Crippen molar-refractivity contribution < 1.29 is 9.53 Å². The summed E-state index contributed by atoms with van der Waals surface area (Å²) < 4.78 is 5.14. The van der Waals surface area contributed by atoms with E-state index in [1.807, 2.05) is 4.90 Å². The van der Waals surface area contributed by atoms with Crippen molar-refractivity contribution in [3.8, 4) is 0 Å². The average Bonchev–Trinajstić information content (AvgIpc) is 3.24. The fourth-order valence-electron chi connectivity index (χ4n) is 2.74. The van der Waals surface area contributed by atoms with Crippen LogP contribution in [0.3, 0.4) is 0 Å². The molecule has 1 heterocycles. The maximum absolute atomic E-state index is 12.9. The van der Waals surface area contributed by atoms with Crippen molar-refractivity contribution in [1.29, 1.82) is 0 Å². The molecular formula is C14H27N3O2. The van der Waals surface area contributed by atoms with Gasteiger partial charge in [-0.1, -0.05) is 0 Å². The van der Waals surface area contributed by atoms with E-state index in [4.69, 9.17) is 4.74 Å². The maximum atomic E-state index is 12.9. The van der Waals surface area contributed by atoms with Crippen LogP contribution in [0.5, 0.6) is 0 Å². The number of hydrogen-bond donors (Lipinski definition) is 1. The fraction of sp³-hybridized carbons (Fsp3) is 0.929. The van der Waals surface area contributed by atoms with Gasteiger partial charge in [0.1, 0.15) is 0 Å². The zero-order chi connectivity index (χ0) is 13.9. The predicted molar refractivity (Wildman–Crippen MR) is 75.1 cm³/mol. The van der Waals surface area contributed by atoms with Gasteiger partial charge in [0.2, 0.25) is 5.91 Å². The fourth-order valence-corrected chi connectivity index (χ4v) is 2.74. The monoisotopic (exact) mass is 269 g/mol. The van der Waals surface area contributed by atoms with E-state index >= 15 is 0 Å². The summed E-state index contributed by atoms with van der Waals surface area (Å²) in [6, 6.07) is 0.449. The molecule has 2 rings (SSSR count). The third-order valence-electron chi connectivity index (χ3n) is 4.22. The third kappa shape index (κ3) is 3.46. The van der Waals surface area contributed by atoms with Crippen molar-refractivity contribution in [2.45, 2.75) is 38.3 Å². The Bertz CT molecular complexity index is 310. The summed E-state index contributed by atoms with van der Waals surface area (Å²) >= 11 is 0. The number of methoxy groups -OCH3 is 1. The highest BCUT2D eigenvalue weighted by Gasteiger charge is 2.42. The Morgan fingerprint density at radius 2 is 2.00 bits per heavy atom. The Labute approximate surface area is 116 Å². The topological polar surface area (TPSA) is 44.8 Å². The van der Waals surface area contributed by atoms with Crippen LogP contribution in [0.2, 0.25) is 0 Å². The molecule has 2 aliphatic rings. The van der Waals surface area contributed by atoms with E-state index in [1.54, 1.807) is 7.11 Å². The van der Waals surface area contributed by atoms with Gasteiger partial charge < -0.3 is 15.0 Å². The quantitative estimate of drug-likeness (QED) is 0.754. The van der Waals surface area contributed by atoms with Crippen LogP contribution in [0.4, 0.5) is 0 Å². The Balaban J connectivity index is 2.01. The largest absolute Gasteiger partial charge is 0.383 e. The number of nitrogens with zero attached hydrogens (tertiary/aromatic N) is 2. The second kappa shape index (κ2) is 6.20. The standard InChI is InChI=1S/C14H27N3O2/c1-14(2,16-8-6-15-7-9-16)13(18)17(10-11-19-3)12-4-5-12/h12,15H,4-11H2,1-3H3. The first kappa shape index (κ1) is 14.8. The molecule has 0 unspecified atom stereocenters. The van der Waals surface area contributed by atoms with E-state index in [2.05, 4.69) is 24.1 Å². The lowest BCUT2D eigenvalue weighted by Gasteiger charge is -2.42. The molecule has 1 aliphatic carbocycles. The molecule has 2 fully saturated rings. The van der Waals surface area contributed by atoms with E-state index < -0.39 is 5.54 Å². The molecule has 0 aromatic heterocycles. The van der Waals surface area contributed by atoms with Crippen molar-refractivity contribution in [3.63, 3.8) is 0 Å². The number of hydrogen-bond acceptors (Lipinski definition) is 4. The maximum Gasteiger partial charge on any atom is 0.242 e. The minimum Gasteiger partial charge on any atom is -0.383 e. The van der Waals surface area contributed by atoms with Gasteiger partial charge in [-0.15, -0.1) is 0 Å². The summed E-state index contributed by atoms with van der Waals surface area (Å²) in [5, 5.41) is 3.34. The molecule has 0 radical (unpaired) electrons. The van der Waals surface area contributed by atoms with E-state index in [0.717, 1.165) is 45.6 Å². The van der Waals surface area contributed by atoms with E-state index in [9.17, 15) is 4.79 Å². The molecule has 1 saturated carbocycles. The summed E-state index contributed by atoms with van der Waals surface area (Å²) in [7, 11) is 1.69.